The average Bonchev–Trinajstić information content (AvgIpc) is 2.43. The van der Waals surface area contributed by atoms with E-state index in [2.05, 4.69) is 5.10 Å². The van der Waals surface area contributed by atoms with Gasteiger partial charge in [0, 0.05) is 18.4 Å². The van der Waals surface area contributed by atoms with Crippen LogP contribution in [0.25, 0.3) is 0 Å². The van der Waals surface area contributed by atoms with Gasteiger partial charge in [-0.05, 0) is 25.7 Å². The van der Waals surface area contributed by atoms with Gasteiger partial charge >= 0.3 is 0 Å². The molecule has 15 heavy (non-hydrogen) atoms. The summed E-state index contributed by atoms with van der Waals surface area (Å²) in [5.41, 5.74) is 6.69. The Hall–Kier alpha value is -1.03. The van der Waals surface area contributed by atoms with Crippen molar-refractivity contribution >= 4 is 5.82 Å². The Balaban J connectivity index is 1.64. The van der Waals surface area contributed by atoms with Crippen LogP contribution in [0.1, 0.15) is 24.8 Å². The zero-order valence-electron chi connectivity index (χ0n) is 9.28. The van der Waals surface area contributed by atoms with Gasteiger partial charge in [-0.2, -0.15) is 5.10 Å². The maximum atomic E-state index is 5.65. The molecule has 1 aromatic rings. The number of hydrogen-bond acceptors (Lipinski definition) is 3. The van der Waals surface area contributed by atoms with Gasteiger partial charge in [0.05, 0.1) is 13.2 Å². The number of rotatable bonds is 5. The van der Waals surface area contributed by atoms with Crippen LogP contribution in [-0.2, 0) is 11.3 Å². The number of ether oxygens (including phenoxy) is 1. The van der Waals surface area contributed by atoms with Crippen LogP contribution in [0.3, 0.4) is 0 Å². The van der Waals surface area contributed by atoms with Crippen LogP contribution in [0.2, 0.25) is 0 Å². The van der Waals surface area contributed by atoms with Gasteiger partial charge in [0.25, 0.3) is 0 Å². The van der Waals surface area contributed by atoms with Crippen molar-refractivity contribution in [2.75, 3.05) is 18.9 Å². The second-order valence-electron chi connectivity index (χ2n) is 4.33. The molecule has 2 rings (SSSR count). The largest absolute Gasteiger partial charge is 0.382 e. The molecule has 1 aliphatic carbocycles. The van der Waals surface area contributed by atoms with E-state index in [9.17, 15) is 0 Å². The summed E-state index contributed by atoms with van der Waals surface area (Å²) in [6, 6.07) is 0. The SMILES string of the molecule is Cc1cn(CCOCC2CCC2)nc1N. The standard InChI is InChI=1S/C11H19N3O/c1-9-7-14(13-11(9)12)5-6-15-8-10-3-2-4-10/h7,10H,2-6,8H2,1H3,(H2,12,13). The molecule has 1 heterocycles. The number of aromatic nitrogens is 2. The molecule has 0 aromatic carbocycles. The topological polar surface area (TPSA) is 53.1 Å². The third-order valence-electron chi connectivity index (χ3n) is 3.03. The summed E-state index contributed by atoms with van der Waals surface area (Å²) in [6.45, 7) is 4.41. The van der Waals surface area contributed by atoms with Gasteiger partial charge in [0.15, 0.2) is 0 Å². The zero-order chi connectivity index (χ0) is 10.7. The Morgan fingerprint density at radius 3 is 2.93 bits per heavy atom. The van der Waals surface area contributed by atoms with Crippen molar-refractivity contribution in [3.63, 3.8) is 0 Å². The maximum Gasteiger partial charge on any atom is 0.148 e. The molecule has 0 bridgehead atoms. The molecule has 1 aromatic heterocycles. The molecule has 0 aliphatic heterocycles. The summed E-state index contributed by atoms with van der Waals surface area (Å²) in [4.78, 5) is 0. The molecule has 0 atom stereocenters. The molecule has 84 valence electrons. The van der Waals surface area contributed by atoms with E-state index in [0.29, 0.717) is 5.82 Å². The summed E-state index contributed by atoms with van der Waals surface area (Å²) < 4.78 is 7.44. The summed E-state index contributed by atoms with van der Waals surface area (Å²) in [7, 11) is 0. The predicted octanol–water partition coefficient (Wildman–Crippen LogP) is 1.59. The summed E-state index contributed by atoms with van der Waals surface area (Å²) >= 11 is 0. The Morgan fingerprint density at radius 1 is 1.60 bits per heavy atom. The van der Waals surface area contributed by atoms with Crippen LogP contribution in [0.15, 0.2) is 6.20 Å². The van der Waals surface area contributed by atoms with E-state index in [-0.39, 0.29) is 0 Å². The molecular formula is C11H19N3O. The van der Waals surface area contributed by atoms with E-state index < -0.39 is 0 Å². The first kappa shape index (κ1) is 10.5. The minimum atomic E-state index is 0.619. The first-order chi connectivity index (χ1) is 7.25. The number of hydrogen-bond donors (Lipinski definition) is 1. The third kappa shape index (κ3) is 2.72. The van der Waals surface area contributed by atoms with E-state index in [1.165, 1.54) is 19.3 Å². The van der Waals surface area contributed by atoms with Gasteiger partial charge in [-0.1, -0.05) is 6.42 Å². The number of anilines is 1. The highest BCUT2D eigenvalue weighted by molar-refractivity contribution is 5.35. The average molecular weight is 209 g/mol. The first-order valence-electron chi connectivity index (χ1n) is 5.63. The van der Waals surface area contributed by atoms with E-state index in [1.807, 2.05) is 17.8 Å². The van der Waals surface area contributed by atoms with Gasteiger partial charge in [-0.3, -0.25) is 4.68 Å². The van der Waals surface area contributed by atoms with Crippen molar-refractivity contribution in [1.29, 1.82) is 0 Å². The maximum absolute atomic E-state index is 5.65. The minimum Gasteiger partial charge on any atom is -0.382 e. The molecular weight excluding hydrogens is 190 g/mol. The summed E-state index contributed by atoms with van der Waals surface area (Å²) in [5, 5.41) is 4.18. The van der Waals surface area contributed by atoms with E-state index in [0.717, 1.165) is 31.2 Å². The fourth-order valence-corrected chi connectivity index (χ4v) is 1.72. The van der Waals surface area contributed by atoms with Gasteiger partial charge in [-0.25, -0.2) is 0 Å². The van der Waals surface area contributed by atoms with Gasteiger partial charge < -0.3 is 10.5 Å². The highest BCUT2D eigenvalue weighted by atomic mass is 16.5. The van der Waals surface area contributed by atoms with E-state index >= 15 is 0 Å². The van der Waals surface area contributed by atoms with Crippen LogP contribution in [0, 0.1) is 12.8 Å². The molecule has 4 heteroatoms. The van der Waals surface area contributed by atoms with E-state index in [1.54, 1.807) is 0 Å². The number of aryl methyl sites for hydroxylation is 1. The molecule has 0 spiro atoms. The van der Waals surface area contributed by atoms with Crippen molar-refractivity contribution in [1.82, 2.24) is 9.78 Å². The second-order valence-corrected chi connectivity index (χ2v) is 4.33. The fraction of sp³-hybridized carbons (Fsp3) is 0.727. The van der Waals surface area contributed by atoms with Gasteiger partial charge in [-0.15, -0.1) is 0 Å². The Kier molecular flexibility index (Phi) is 3.26. The van der Waals surface area contributed by atoms with Gasteiger partial charge in [0.1, 0.15) is 5.82 Å². The molecule has 0 saturated heterocycles. The molecule has 1 saturated carbocycles. The van der Waals surface area contributed by atoms with E-state index in [4.69, 9.17) is 10.5 Å². The quantitative estimate of drug-likeness (QED) is 0.749. The summed E-state index contributed by atoms with van der Waals surface area (Å²) in [6.07, 6.45) is 6.02. The van der Waals surface area contributed by atoms with Crippen LogP contribution in [-0.4, -0.2) is 23.0 Å². The highest BCUT2D eigenvalue weighted by Gasteiger charge is 2.16. The number of nitrogens with two attached hydrogens (primary N) is 1. The minimum absolute atomic E-state index is 0.619. The van der Waals surface area contributed by atoms with Crippen LogP contribution >= 0.6 is 0 Å². The van der Waals surface area contributed by atoms with Gasteiger partial charge in [0.2, 0.25) is 0 Å². The normalized spacial score (nSPS) is 16.6. The number of nitrogens with zero attached hydrogens (tertiary/aromatic N) is 2. The Bertz CT molecular complexity index is 298. The molecule has 1 aliphatic rings. The lowest BCUT2D eigenvalue weighted by Crippen LogP contribution is -2.19. The van der Waals surface area contributed by atoms with Crippen molar-refractivity contribution in [2.45, 2.75) is 32.7 Å². The Morgan fingerprint density at radius 2 is 2.40 bits per heavy atom. The van der Waals surface area contributed by atoms with Crippen molar-refractivity contribution in [3.05, 3.63) is 11.8 Å². The lowest BCUT2D eigenvalue weighted by molar-refractivity contribution is 0.0641. The smallest absolute Gasteiger partial charge is 0.148 e. The predicted molar refractivity (Wildman–Crippen MR) is 59.5 cm³/mol. The molecule has 0 radical (unpaired) electrons. The van der Waals surface area contributed by atoms with Crippen LogP contribution < -0.4 is 5.73 Å². The van der Waals surface area contributed by atoms with Crippen molar-refractivity contribution < 1.29 is 4.74 Å². The third-order valence-corrected chi connectivity index (χ3v) is 3.03. The lowest BCUT2D eigenvalue weighted by atomic mass is 9.86. The molecule has 2 N–H and O–H groups in total. The second kappa shape index (κ2) is 4.66. The van der Waals surface area contributed by atoms with Crippen LogP contribution in [0.4, 0.5) is 5.82 Å². The fourth-order valence-electron chi connectivity index (χ4n) is 1.72. The Labute approximate surface area is 90.4 Å². The highest BCUT2D eigenvalue weighted by Crippen LogP contribution is 2.26. The van der Waals surface area contributed by atoms with Crippen molar-refractivity contribution in [2.24, 2.45) is 5.92 Å². The zero-order valence-corrected chi connectivity index (χ0v) is 9.28. The van der Waals surface area contributed by atoms with Crippen LogP contribution in [0.5, 0.6) is 0 Å². The molecule has 1 fully saturated rings. The number of nitrogen functional groups attached to an aromatic ring is 1. The van der Waals surface area contributed by atoms with Crippen molar-refractivity contribution in [3.8, 4) is 0 Å². The summed E-state index contributed by atoms with van der Waals surface area (Å²) in [5.74, 6) is 1.43. The molecule has 0 unspecified atom stereocenters. The molecule has 0 amide bonds. The first-order valence-corrected chi connectivity index (χ1v) is 5.63. The molecule has 4 nitrogen and oxygen atoms in total. The lowest BCUT2D eigenvalue weighted by Gasteiger charge is -2.24. The monoisotopic (exact) mass is 209 g/mol.